The summed E-state index contributed by atoms with van der Waals surface area (Å²) in [4.78, 5) is 9.75. The number of nitrogens with one attached hydrogen (secondary N) is 1. The maximum atomic E-state index is 13.4. The maximum absolute atomic E-state index is 13.4. The Labute approximate surface area is 156 Å². The van der Waals surface area contributed by atoms with Crippen LogP contribution in [0.1, 0.15) is 25.1 Å². The first-order chi connectivity index (χ1) is 10.8. The molecule has 24 heavy (non-hydrogen) atoms. The van der Waals surface area contributed by atoms with E-state index in [-0.39, 0.29) is 30.5 Å². The van der Waals surface area contributed by atoms with Gasteiger partial charge in [-0.15, -0.1) is 24.0 Å². The Kier molecular flexibility index (Phi) is 7.32. The minimum atomic E-state index is -4.81. The van der Waals surface area contributed by atoms with Crippen LogP contribution in [0, 0.1) is 0 Å². The van der Waals surface area contributed by atoms with Crippen LogP contribution in [0.25, 0.3) is 0 Å². The molecule has 0 aliphatic carbocycles. The van der Waals surface area contributed by atoms with E-state index in [0.29, 0.717) is 5.96 Å². The molecule has 0 amide bonds. The number of hydrogen-bond donors (Lipinski definition) is 2. The summed E-state index contributed by atoms with van der Waals surface area (Å²) >= 11 is 0. The van der Waals surface area contributed by atoms with Gasteiger partial charge in [-0.25, -0.2) is 4.98 Å². The summed E-state index contributed by atoms with van der Waals surface area (Å²) < 4.78 is 41.3. The lowest BCUT2D eigenvalue weighted by molar-refractivity contribution is -0.272. The molecule has 2 heterocycles. The Morgan fingerprint density at radius 1 is 1.38 bits per heavy atom. The molecule has 0 spiro atoms. The molecular weight excluding hydrogens is 438 g/mol. The monoisotopic (exact) mass is 461 g/mol. The van der Waals surface area contributed by atoms with Crippen LogP contribution in [0.5, 0.6) is 0 Å². The van der Waals surface area contributed by atoms with E-state index in [1.54, 1.807) is 7.05 Å². The second-order valence-corrected chi connectivity index (χ2v) is 5.64. The number of aryl methyl sites for hydroxylation is 1. The van der Waals surface area contributed by atoms with Gasteiger partial charge in [0.05, 0.1) is 0 Å². The molecule has 1 aromatic heterocycles. The first kappa shape index (κ1) is 21.0. The van der Waals surface area contributed by atoms with Gasteiger partial charge in [-0.05, 0) is 12.8 Å². The summed E-state index contributed by atoms with van der Waals surface area (Å²) in [6, 6.07) is 0. The average molecular weight is 461 g/mol. The van der Waals surface area contributed by atoms with Crippen molar-refractivity contribution in [2.24, 2.45) is 12.0 Å². The highest BCUT2D eigenvalue weighted by molar-refractivity contribution is 14.0. The molecule has 1 saturated heterocycles. The SMILES string of the molecule is CN=C(NCCC(O)(c1nccn1C)C(F)(F)F)N1CCCC1.I. The van der Waals surface area contributed by atoms with Crippen molar-refractivity contribution in [3.8, 4) is 0 Å². The number of hydrogen-bond acceptors (Lipinski definition) is 3. The molecule has 138 valence electrons. The van der Waals surface area contributed by atoms with Gasteiger partial charge in [-0.3, -0.25) is 4.99 Å². The largest absolute Gasteiger partial charge is 0.424 e. The lowest BCUT2D eigenvalue weighted by Crippen LogP contribution is -2.48. The first-order valence-electron chi connectivity index (χ1n) is 7.52. The van der Waals surface area contributed by atoms with Gasteiger partial charge in [0, 0.05) is 52.5 Å². The summed E-state index contributed by atoms with van der Waals surface area (Å²) in [6.07, 6.45) is -0.661. The van der Waals surface area contributed by atoms with Gasteiger partial charge in [0.25, 0.3) is 0 Å². The van der Waals surface area contributed by atoms with Gasteiger partial charge < -0.3 is 19.9 Å². The molecular formula is C14H23F3IN5O. The zero-order chi connectivity index (χ0) is 17.1. The molecule has 6 nitrogen and oxygen atoms in total. The van der Waals surface area contributed by atoms with Gasteiger partial charge >= 0.3 is 6.18 Å². The first-order valence-corrected chi connectivity index (χ1v) is 7.52. The van der Waals surface area contributed by atoms with Crippen molar-refractivity contribution in [2.75, 3.05) is 26.7 Å². The van der Waals surface area contributed by atoms with Crippen LogP contribution < -0.4 is 5.32 Å². The molecule has 1 aliphatic heterocycles. The molecule has 10 heteroatoms. The number of rotatable bonds is 4. The van der Waals surface area contributed by atoms with Crippen LogP contribution in [-0.4, -0.2) is 58.4 Å². The Hall–Kier alpha value is -1.04. The van der Waals surface area contributed by atoms with Crippen LogP contribution in [0.15, 0.2) is 17.4 Å². The number of aliphatic imine (C=N–C) groups is 1. The lowest BCUT2D eigenvalue weighted by atomic mass is 9.97. The standard InChI is InChI=1S/C14H22F3N5O.HI/c1-18-12(22-8-3-4-9-22)20-6-5-13(23,14(15,16)17)11-19-7-10-21(11)2;/h7,10,23H,3-6,8-9H2,1-2H3,(H,18,20);1H. The van der Waals surface area contributed by atoms with Crippen LogP contribution in [-0.2, 0) is 12.6 Å². The molecule has 1 aliphatic rings. The molecule has 1 fully saturated rings. The number of aliphatic hydroxyl groups is 1. The van der Waals surface area contributed by atoms with E-state index in [4.69, 9.17) is 0 Å². The van der Waals surface area contributed by atoms with Crippen LogP contribution in [0.2, 0.25) is 0 Å². The number of likely N-dealkylation sites (tertiary alicyclic amines) is 1. The molecule has 0 radical (unpaired) electrons. The average Bonchev–Trinajstić information content (AvgIpc) is 3.13. The van der Waals surface area contributed by atoms with Gasteiger partial charge in [0.2, 0.25) is 5.60 Å². The van der Waals surface area contributed by atoms with E-state index in [1.807, 2.05) is 4.90 Å². The minimum Gasteiger partial charge on any atom is -0.374 e. The summed E-state index contributed by atoms with van der Waals surface area (Å²) in [5.41, 5.74) is -3.00. The van der Waals surface area contributed by atoms with Crippen molar-refractivity contribution in [1.82, 2.24) is 19.8 Å². The lowest BCUT2D eigenvalue weighted by Gasteiger charge is -2.30. The fourth-order valence-corrected chi connectivity index (χ4v) is 2.76. The molecule has 2 rings (SSSR count). The predicted octanol–water partition coefficient (Wildman–Crippen LogP) is 1.85. The number of guanidine groups is 1. The summed E-state index contributed by atoms with van der Waals surface area (Å²) in [5, 5.41) is 13.1. The van der Waals surface area contributed by atoms with Crippen molar-refractivity contribution in [1.29, 1.82) is 0 Å². The van der Waals surface area contributed by atoms with Crippen molar-refractivity contribution in [2.45, 2.75) is 31.0 Å². The third kappa shape index (κ3) is 4.32. The Morgan fingerprint density at radius 2 is 2.00 bits per heavy atom. The quantitative estimate of drug-likeness (QED) is 0.408. The molecule has 0 bridgehead atoms. The third-order valence-corrected chi connectivity index (χ3v) is 4.05. The van der Waals surface area contributed by atoms with Gasteiger partial charge in [-0.2, -0.15) is 13.2 Å². The molecule has 1 atom stereocenters. The maximum Gasteiger partial charge on any atom is 0.424 e. The Balaban J connectivity index is 0.00000288. The zero-order valence-electron chi connectivity index (χ0n) is 13.7. The zero-order valence-corrected chi connectivity index (χ0v) is 16.0. The predicted molar refractivity (Wildman–Crippen MR) is 95.4 cm³/mol. The van der Waals surface area contributed by atoms with E-state index in [0.717, 1.165) is 25.9 Å². The van der Waals surface area contributed by atoms with Crippen molar-refractivity contribution >= 4 is 29.9 Å². The minimum absolute atomic E-state index is 0. The van der Waals surface area contributed by atoms with Crippen molar-refractivity contribution < 1.29 is 18.3 Å². The van der Waals surface area contributed by atoms with E-state index in [2.05, 4.69) is 15.3 Å². The van der Waals surface area contributed by atoms with Crippen LogP contribution >= 0.6 is 24.0 Å². The van der Waals surface area contributed by atoms with E-state index in [9.17, 15) is 18.3 Å². The molecule has 0 aromatic carbocycles. The van der Waals surface area contributed by atoms with E-state index < -0.39 is 24.0 Å². The van der Waals surface area contributed by atoms with Crippen molar-refractivity contribution in [3.05, 3.63) is 18.2 Å². The topological polar surface area (TPSA) is 65.7 Å². The normalized spacial score (nSPS) is 18.2. The molecule has 0 saturated carbocycles. The van der Waals surface area contributed by atoms with Gasteiger partial charge in [0.1, 0.15) is 5.82 Å². The number of alkyl halides is 3. The smallest absolute Gasteiger partial charge is 0.374 e. The Bertz CT molecular complexity index is 557. The van der Waals surface area contributed by atoms with E-state index in [1.165, 1.54) is 24.0 Å². The summed E-state index contributed by atoms with van der Waals surface area (Å²) in [6.45, 7) is 1.61. The molecule has 1 unspecified atom stereocenters. The highest BCUT2D eigenvalue weighted by Crippen LogP contribution is 2.40. The second kappa shape index (κ2) is 8.37. The molecule has 1 aromatic rings. The second-order valence-electron chi connectivity index (χ2n) is 5.64. The van der Waals surface area contributed by atoms with Crippen LogP contribution in [0.3, 0.4) is 0 Å². The van der Waals surface area contributed by atoms with Crippen molar-refractivity contribution in [3.63, 3.8) is 0 Å². The van der Waals surface area contributed by atoms with Gasteiger partial charge in [0.15, 0.2) is 5.96 Å². The number of nitrogens with zero attached hydrogens (tertiary/aromatic N) is 4. The fourth-order valence-electron chi connectivity index (χ4n) is 2.76. The van der Waals surface area contributed by atoms with Crippen LogP contribution in [0.4, 0.5) is 13.2 Å². The highest BCUT2D eigenvalue weighted by Gasteiger charge is 2.57. The number of aromatic nitrogens is 2. The van der Waals surface area contributed by atoms with E-state index >= 15 is 0 Å². The number of imidazole rings is 1. The molecule has 2 N–H and O–H groups in total. The summed E-state index contributed by atoms with van der Waals surface area (Å²) in [7, 11) is 3.02. The number of halogens is 4. The summed E-state index contributed by atoms with van der Waals surface area (Å²) in [5.74, 6) is 0.148. The third-order valence-electron chi connectivity index (χ3n) is 4.05. The fraction of sp³-hybridized carbons (Fsp3) is 0.714. The highest BCUT2D eigenvalue weighted by atomic mass is 127. The van der Waals surface area contributed by atoms with Gasteiger partial charge in [-0.1, -0.05) is 0 Å². The Morgan fingerprint density at radius 3 is 2.46 bits per heavy atom.